The van der Waals surface area contributed by atoms with Crippen molar-refractivity contribution < 1.29 is 33.0 Å². The number of aromatic nitrogens is 1. The number of carboxylic acids is 1. The highest BCUT2D eigenvalue weighted by Gasteiger charge is 2.18. The van der Waals surface area contributed by atoms with Gasteiger partial charge in [-0.15, -0.1) is 11.3 Å². The van der Waals surface area contributed by atoms with E-state index in [1.165, 1.54) is 6.92 Å². The number of ether oxygens (including phenoxy) is 2. The van der Waals surface area contributed by atoms with Gasteiger partial charge in [0.1, 0.15) is 17.4 Å². The number of para-hydroxylation sites is 1. The predicted molar refractivity (Wildman–Crippen MR) is 134 cm³/mol. The molecule has 1 amide bonds. The fourth-order valence-corrected chi connectivity index (χ4v) is 4.01. The Morgan fingerprint density at radius 3 is 2.53 bits per heavy atom. The number of carboxylic acid groups (broad SMARTS) is 1. The van der Waals surface area contributed by atoms with E-state index < -0.39 is 29.1 Å². The SMILES string of the molecule is COc1c(COCC(C)C)cccc1-c1csc(NC(=O)c2cc(F)c(/C=C(\C)C(=O)O)c(F)c2)n1. The number of anilines is 1. The van der Waals surface area contributed by atoms with Crippen LogP contribution in [0.2, 0.25) is 0 Å². The van der Waals surface area contributed by atoms with E-state index in [-0.39, 0.29) is 16.3 Å². The standard InChI is InChI=1S/C26H26F2N2O5S/c1-14(2)11-35-12-16-6-5-7-18(23(16)34-4)22-13-36-26(29-22)30-24(31)17-9-20(27)19(21(28)10-17)8-15(3)25(32)33/h5-10,13-14H,11-12H2,1-4H3,(H,32,33)(H,29,30,31)/b15-8+. The zero-order chi connectivity index (χ0) is 26.4. The van der Waals surface area contributed by atoms with Gasteiger partial charge in [0.25, 0.3) is 5.91 Å². The third-order valence-corrected chi connectivity index (χ3v) is 5.81. The van der Waals surface area contributed by atoms with Crippen LogP contribution in [0.25, 0.3) is 17.3 Å². The van der Waals surface area contributed by atoms with Crippen LogP contribution >= 0.6 is 11.3 Å². The molecule has 3 aromatic rings. The average Bonchev–Trinajstić information content (AvgIpc) is 3.28. The van der Waals surface area contributed by atoms with E-state index in [1.54, 1.807) is 12.5 Å². The molecule has 7 nitrogen and oxygen atoms in total. The molecule has 190 valence electrons. The van der Waals surface area contributed by atoms with Crippen LogP contribution < -0.4 is 10.1 Å². The van der Waals surface area contributed by atoms with Crippen molar-refractivity contribution in [3.63, 3.8) is 0 Å². The lowest BCUT2D eigenvalue weighted by Crippen LogP contribution is -2.13. The molecule has 0 unspecified atom stereocenters. The van der Waals surface area contributed by atoms with Crippen molar-refractivity contribution in [3.05, 3.63) is 69.6 Å². The van der Waals surface area contributed by atoms with Crippen molar-refractivity contribution in [1.82, 2.24) is 4.98 Å². The zero-order valence-electron chi connectivity index (χ0n) is 20.2. The summed E-state index contributed by atoms with van der Waals surface area (Å²) < 4.78 is 40.2. The summed E-state index contributed by atoms with van der Waals surface area (Å²) in [5.41, 5.74) is 1.07. The monoisotopic (exact) mass is 516 g/mol. The van der Waals surface area contributed by atoms with Gasteiger partial charge in [0.05, 0.1) is 19.4 Å². The number of methoxy groups -OCH3 is 1. The number of nitrogens with one attached hydrogen (secondary N) is 1. The minimum Gasteiger partial charge on any atom is -0.496 e. The van der Waals surface area contributed by atoms with Crippen LogP contribution in [0.15, 0.2) is 41.3 Å². The number of halogens is 2. The minimum absolute atomic E-state index is 0.227. The molecular formula is C26H26F2N2O5S. The van der Waals surface area contributed by atoms with Crippen LogP contribution in [-0.4, -0.2) is 35.7 Å². The number of thiazole rings is 1. The van der Waals surface area contributed by atoms with Gasteiger partial charge in [0.2, 0.25) is 0 Å². The molecule has 36 heavy (non-hydrogen) atoms. The molecule has 0 aliphatic carbocycles. The number of aliphatic carboxylic acids is 1. The number of benzene rings is 2. The highest BCUT2D eigenvalue weighted by molar-refractivity contribution is 7.14. The molecule has 0 radical (unpaired) electrons. The Kier molecular flexibility index (Phi) is 8.89. The van der Waals surface area contributed by atoms with E-state index in [2.05, 4.69) is 24.1 Å². The van der Waals surface area contributed by atoms with Crippen molar-refractivity contribution in [2.75, 3.05) is 19.0 Å². The second-order valence-corrected chi connectivity index (χ2v) is 9.24. The number of nitrogens with zero attached hydrogens (tertiary/aromatic N) is 1. The van der Waals surface area contributed by atoms with Crippen LogP contribution in [0.4, 0.5) is 13.9 Å². The number of hydrogen-bond acceptors (Lipinski definition) is 6. The van der Waals surface area contributed by atoms with Gasteiger partial charge in [-0.2, -0.15) is 0 Å². The second-order valence-electron chi connectivity index (χ2n) is 8.39. The van der Waals surface area contributed by atoms with Gasteiger partial charge >= 0.3 is 5.97 Å². The first-order chi connectivity index (χ1) is 17.1. The summed E-state index contributed by atoms with van der Waals surface area (Å²) in [5, 5.41) is 13.4. The summed E-state index contributed by atoms with van der Waals surface area (Å²) in [5.74, 6) is -3.17. The smallest absolute Gasteiger partial charge is 0.331 e. The summed E-state index contributed by atoms with van der Waals surface area (Å²) in [6.07, 6.45) is 0.872. The number of carbonyl (C=O) groups is 2. The summed E-state index contributed by atoms with van der Waals surface area (Å²) in [6, 6.07) is 7.28. The number of amides is 1. The topological polar surface area (TPSA) is 97.8 Å². The number of carbonyl (C=O) groups excluding carboxylic acids is 1. The molecule has 2 aromatic carbocycles. The Hall–Kier alpha value is -3.63. The van der Waals surface area contributed by atoms with Gasteiger partial charge in [-0.3, -0.25) is 10.1 Å². The van der Waals surface area contributed by atoms with Gasteiger partial charge < -0.3 is 14.6 Å². The molecule has 0 fully saturated rings. The lowest BCUT2D eigenvalue weighted by Gasteiger charge is -2.13. The van der Waals surface area contributed by atoms with Crippen LogP contribution in [0.3, 0.4) is 0 Å². The predicted octanol–water partition coefficient (Wildman–Crippen LogP) is 6.01. The van der Waals surface area contributed by atoms with Crippen molar-refractivity contribution in [3.8, 4) is 17.0 Å². The molecule has 0 saturated carbocycles. The molecule has 0 bridgehead atoms. The maximum atomic E-state index is 14.4. The number of rotatable bonds is 10. The highest BCUT2D eigenvalue weighted by atomic mass is 32.1. The van der Waals surface area contributed by atoms with Gasteiger partial charge in [-0.05, 0) is 37.1 Å². The third-order valence-electron chi connectivity index (χ3n) is 5.05. The summed E-state index contributed by atoms with van der Waals surface area (Å²) in [6.45, 7) is 6.32. The van der Waals surface area contributed by atoms with E-state index in [1.807, 2.05) is 18.2 Å². The third kappa shape index (κ3) is 6.52. The summed E-state index contributed by atoms with van der Waals surface area (Å²) >= 11 is 1.15. The lowest BCUT2D eigenvalue weighted by molar-refractivity contribution is -0.132. The van der Waals surface area contributed by atoms with E-state index >= 15 is 0 Å². The Morgan fingerprint density at radius 2 is 1.92 bits per heavy atom. The van der Waals surface area contributed by atoms with Gasteiger partial charge in [0.15, 0.2) is 5.13 Å². The van der Waals surface area contributed by atoms with Crippen LogP contribution in [-0.2, 0) is 16.1 Å². The summed E-state index contributed by atoms with van der Waals surface area (Å²) in [4.78, 5) is 28.0. The Labute approximate surface area is 211 Å². The lowest BCUT2D eigenvalue weighted by atomic mass is 10.1. The van der Waals surface area contributed by atoms with Gasteiger partial charge in [-0.1, -0.05) is 26.0 Å². The van der Waals surface area contributed by atoms with Crippen molar-refractivity contribution in [2.24, 2.45) is 5.92 Å². The average molecular weight is 517 g/mol. The van der Waals surface area contributed by atoms with Gasteiger partial charge in [-0.25, -0.2) is 18.6 Å². The molecular weight excluding hydrogens is 490 g/mol. The largest absolute Gasteiger partial charge is 0.496 e. The molecule has 1 heterocycles. The van der Waals surface area contributed by atoms with E-state index in [0.717, 1.165) is 35.1 Å². The Bertz CT molecular complexity index is 1280. The first-order valence-corrected chi connectivity index (χ1v) is 11.9. The van der Waals surface area contributed by atoms with Crippen LogP contribution in [0, 0.1) is 17.6 Å². The molecule has 0 aliphatic rings. The Balaban J connectivity index is 1.80. The zero-order valence-corrected chi connectivity index (χ0v) is 21.0. The fraction of sp³-hybridized carbons (Fsp3) is 0.269. The summed E-state index contributed by atoms with van der Waals surface area (Å²) in [7, 11) is 1.56. The molecule has 1 aromatic heterocycles. The molecule has 0 saturated heterocycles. The molecule has 2 N–H and O–H groups in total. The second kappa shape index (κ2) is 11.9. The first-order valence-electron chi connectivity index (χ1n) is 11.0. The Morgan fingerprint density at radius 1 is 1.22 bits per heavy atom. The van der Waals surface area contributed by atoms with Crippen LogP contribution in [0.1, 0.15) is 42.3 Å². The fourth-order valence-electron chi connectivity index (χ4n) is 3.30. The molecule has 0 aliphatic heterocycles. The maximum Gasteiger partial charge on any atom is 0.331 e. The molecule has 0 atom stereocenters. The van der Waals surface area contributed by atoms with Crippen molar-refractivity contribution in [2.45, 2.75) is 27.4 Å². The van der Waals surface area contributed by atoms with Gasteiger partial charge in [0, 0.05) is 39.8 Å². The normalized spacial score (nSPS) is 11.6. The molecule has 0 spiro atoms. The molecule has 10 heteroatoms. The van der Waals surface area contributed by atoms with E-state index in [4.69, 9.17) is 14.6 Å². The number of hydrogen-bond donors (Lipinski definition) is 2. The minimum atomic E-state index is -1.31. The molecule has 3 rings (SSSR count). The van der Waals surface area contributed by atoms with Crippen molar-refractivity contribution in [1.29, 1.82) is 0 Å². The van der Waals surface area contributed by atoms with E-state index in [0.29, 0.717) is 36.1 Å². The van der Waals surface area contributed by atoms with Crippen molar-refractivity contribution >= 4 is 34.4 Å². The first kappa shape index (κ1) is 27.0. The maximum absolute atomic E-state index is 14.4. The van der Waals surface area contributed by atoms with Crippen LogP contribution in [0.5, 0.6) is 5.75 Å². The quantitative estimate of drug-likeness (QED) is 0.320. The highest BCUT2D eigenvalue weighted by Crippen LogP contribution is 2.35. The van der Waals surface area contributed by atoms with E-state index in [9.17, 15) is 18.4 Å².